The summed E-state index contributed by atoms with van der Waals surface area (Å²) in [4.78, 5) is 7.03. The molecule has 2 unspecified atom stereocenters. The minimum Gasteiger partial charge on any atom is -0.379 e. The van der Waals surface area contributed by atoms with E-state index in [1.54, 1.807) is 22.7 Å². The molecule has 25 heavy (non-hydrogen) atoms. The van der Waals surface area contributed by atoms with E-state index in [1.165, 1.54) is 9.75 Å². The highest BCUT2D eigenvalue weighted by Gasteiger charge is 2.28. The van der Waals surface area contributed by atoms with E-state index in [0.29, 0.717) is 5.15 Å². The zero-order chi connectivity index (χ0) is 17.4. The Balaban J connectivity index is 1.72. The van der Waals surface area contributed by atoms with Crippen LogP contribution in [0.5, 0.6) is 0 Å². The number of hydrogen-bond donors (Lipinski definition) is 3. The van der Waals surface area contributed by atoms with Crippen molar-refractivity contribution in [3.05, 3.63) is 43.0 Å². The quantitative estimate of drug-likeness (QED) is 0.475. The number of nitrogens with one attached hydrogen (secondary N) is 2. The van der Waals surface area contributed by atoms with Crippen LogP contribution in [0.3, 0.4) is 0 Å². The number of hydrogen-bond acceptors (Lipinski definition) is 6. The van der Waals surface area contributed by atoms with E-state index >= 15 is 0 Å². The van der Waals surface area contributed by atoms with Gasteiger partial charge in [-0.3, -0.25) is 0 Å². The lowest BCUT2D eigenvalue weighted by molar-refractivity contribution is 0.362. The van der Waals surface area contributed by atoms with Gasteiger partial charge in [-0.2, -0.15) is 0 Å². The Bertz CT molecular complexity index is 881. The molecule has 0 amide bonds. The first kappa shape index (κ1) is 17.7. The second-order valence-electron chi connectivity index (χ2n) is 6.12. The van der Waals surface area contributed by atoms with E-state index in [2.05, 4.69) is 49.1 Å². The number of anilines is 1. The van der Waals surface area contributed by atoms with E-state index in [-0.39, 0.29) is 12.1 Å². The van der Waals surface area contributed by atoms with Crippen LogP contribution in [0.2, 0.25) is 5.15 Å². The van der Waals surface area contributed by atoms with Gasteiger partial charge in [-0.15, -0.1) is 22.7 Å². The van der Waals surface area contributed by atoms with Gasteiger partial charge in [0.05, 0.1) is 26.4 Å². The molecule has 0 bridgehead atoms. The van der Waals surface area contributed by atoms with Crippen molar-refractivity contribution >= 4 is 66.1 Å². The van der Waals surface area contributed by atoms with Crippen LogP contribution < -0.4 is 16.4 Å². The van der Waals surface area contributed by atoms with Gasteiger partial charge >= 0.3 is 0 Å². The summed E-state index contributed by atoms with van der Waals surface area (Å²) in [7, 11) is 0. The predicted octanol–water partition coefficient (Wildman–Crippen LogP) is 5.14. The molecule has 0 spiro atoms. The number of halogens is 2. The highest BCUT2D eigenvalue weighted by molar-refractivity contribution is 9.10. The molecule has 3 aromatic rings. The van der Waals surface area contributed by atoms with Crippen LogP contribution in [-0.2, 0) is 6.54 Å². The molecule has 0 radical (unpaired) electrons. The summed E-state index contributed by atoms with van der Waals surface area (Å²) in [6, 6.07) is 6.37. The molecule has 2 atom stereocenters. The van der Waals surface area contributed by atoms with Crippen molar-refractivity contribution in [1.82, 2.24) is 10.3 Å². The Hall–Kier alpha value is -0.700. The Kier molecular flexibility index (Phi) is 5.31. The maximum Gasteiger partial charge on any atom is 0.131 e. The van der Waals surface area contributed by atoms with E-state index in [9.17, 15) is 0 Å². The normalized spacial score (nSPS) is 20.9. The highest BCUT2D eigenvalue weighted by atomic mass is 79.9. The van der Waals surface area contributed by atoms with Crippen LogP contribution >= 0.6 is 50.2 Å². The fourth-order valence-electron chi connectivity index (χ4n) is 3.15. The largest absolute Gasteiger partial charge is 0.379 e. The Morgan fingerprint density at radius 1 is 1.48 bits per heavy atom. The van der Waals surface area contributed by atoms with Crippen molar-refractivity contribution < 1.29 is 0 Å². The number of fused-ring (bicyclic) bond motifs is 1. The first-order valence-corrected chi connectivity index (χ1v) is 11.0. The van der Waals surface area contributed by atoms with Crippen LogP contribution in [0.15, 0.2) is 28.1 Å². The molecular formula is C17H18BrClN4S2. The van der Waals surface area contributed by atoms with E-state index in [0.717, 1.165) is 46.3 Å². The summed E-state index contributed by atoms with van der Waals surface area (Å²) in [6.45, 7) is 1.77. The second-order valence-corrected chi connectivity index (χ2v) is 9.39. The topological polar surface area (TPSA) is 63.0 Å². The van der Waals surface area contributed by atoms with Gasteiger partial charge in [-0.05, 0) is 46.8 Å². The third kappa shape index (κ3) is 3.59. The molecule has 4 rings (SSSR count). The van der Waals surface area contributed by atoms with Gasteiger partial charge in [-0.25, -0.2) is 4.98 Å². The molecule has 1 saturated heterocycles. The molecule has 8 heteroatoms. The van der Waals surface area contributed by atoms with Gasteiger partial charge in [0.2, 0.25) is 0 Å². The van der Waals surface area contributed by atoms with Crippen molar-refractivity contribution in [2.45, 2.75) is 31.5 Å². The summed E-state index contributed by atoms with van der Waals surface area (Å²) in [5, 5.41) is 9.64. The summed E-state index contributed by atoms with van der Waals surface area (Å²) in [5.41, 5.74) is 8.28. The molecule has 0 aliphatic carbocycles. The van der Waals surface area contributed by atoms with E-state index < -0.39 is 0 Å². The van der Waals surface area contributed by atoms with Crippen molar-refractivity contribution in [1.29, 1.82) is 0 Å². The first-order chi connectivity index (χ1) is 12.1. The maximum absolute atomic E-state index is 6.36. The number of nitrogens with two attached hydrogens (primary N) is 1. The van der Waals surface area contributed by atoms with Crippen molar-refractivity contribution in [3.63, 3.8) is 0 Å². The van der Waals surface area contributed by atoms with Crippen molar-refractivity contribution in [2.24, 2.45) is 5.73 Å². The van der Waals surface area contributed by atoms with Gasteiger partial charge in [-0.1, -0.05) is 17.7 Å². The zero-order valence-corrected chi connectivity index (χ0v) is 17.4. The SMILES string of the molecule is NC1CCCNC1c1sc2c(NCc3cccs3)cc(Cl)nc2c1Br. The van der Waals surface area contributed by atoms with Crippen molar-refractivity contribution in [3.8, 4) is 0 Å². The number of pyridine rings is 1. The van der Waals surface area contributed by atoms with Crippen LogP contribution in [0.4, 0.5) is 5.69 Å². The zero-order valence-electron chi connectivity index (χ0n) is 13.4. The molecule has 1 fully saturated rings. The van der Waals surface area contributed by atoms with Gasteiger partial charge in [0.1, 0.15) is 5.15 Å². The smallest absolute Gasteiger partial charge is 0.131 e. The number of rotatable bonds is 4. The van der Waals surface area contributed by atoms with Gasteiger partial charge < -0.3 is 16.4 Å². The lowest BCUT2D eigenvalue weighted by atomic mass is 9.98. The number of aromatic nitrogens is 1. The number of nitrogens with zero attached hydrogens (tertiary/aromatic N) is 1. The summed E-state index contributed by atoms with van der Waals surface area (Å²) in [6.07, 6.45) is 2.16. The molecule has 132 valence electrons. The fourth-order valence-corrected chi connectivity index (χ4v) is 6.18. The number of thiophene rings is 2. The molecule has 4 nitrogen and oxygen atoms in total. The van der Waals surface area contributed by atoms with Crippen LogP contribution in [0, 0.1) is 0 Å². The monoisotopic (exact) mass is 456 g/mol. The third-order valence-corrected chi connectivity index (χ3v) is 7.83. The molecule has 0 aromatic carbocycles. The predicted molar refractivity (Wildman–Crippen MR) is 112 cm³/mol. The first-order valence-electron chi connectivity index (χ1n) is 8.17. The lowest BCUT2D eigenvalue weighted by Gasteiger charge is -2.29. The maximum atomic E-state index is 6.36. The fraction of sp³-hybridized carbons (Fsp3) is 0.353. The summed E-state index contributed by atoms with van der Waals surface area (Å²) >= 11 is 13.5. The molecule has 3 aromatic heterocycles. The van der Waals surface area contributed by atoms with Crippen molar-refractivity contribution in [2.75, 3.05) is 11.9 Å². The van der Waals surface area contributed by atoms with Gasteiger partial charge in [0, 0.05) is 28.4 Å². The molecule has 4 heterocycles. The van der Waals surface area contributed by atoms with Gasteiger partial charge in [0.25, 0.3) is 0 Å². The average Bonchev–Trinajstić information content (AvgIpc) is 3.22. The lowest BCUT2D eigenvalue weighted by Crippen LogP contribution is -2.42. The average molecular weight is 458 g/mol. The Morgan fingerprint density at radius 3 is 3.12 bits per heavy atom. The van der Waals surface area contributed by atoms with Crippen LogP contribution in [-0.4, -0.2) is 17.6 Å². The van der Waals surface area contributed by atoms with Crippen LogP contribution in [0.1, 0.15) is 28.6 Å². The van der Waals surface area contributed by atoms with E-state index in [4.69, 9.17) is 17.3 Å². The molecular weight excluding hydrogens is 440 g/mol. The molecule has 1 aliphatic rings. The van der Waals surface area contributed by atoms with E-state index in [1.807, 2.05) is 6.07 Å². The summed E-state index contributed by atoms with van der Waals surface area (Å²) in [5.74, 6) is 0. The third-order valence-electron chi connectivity index (χ3n) is 4.40. The second kappa shape index (κ2) is 7.50. The minimum atomic E-state index is 0.121. The minimum absolute atomic E-state index is 0.121. The summed E-state index contributed by atoms with van der Waals surface area (Å²) < 4.78 is 2.12. The highest BCUT2D eigenvalue weighted by Crippen LogP contribution is 2.43. The molecule has 0 saturated carbocycles. The standard InChI is InChI=1S/C17H18BrClN4S2/c18-13-15-16(25-17(13)14-10(20)4-1-5-21-14)11(7-12(19)23-15)22-8-9-3-2-6-24-9/h2-3,6-7,10,14,21H,1,4-5,8,20H2,(H,22,23). The Labute approximate surface area is 167 Å². The van der Waals surface area contributed by atoms with Gasteiger partial charge in [0.15, 0.2) is 0 Å². The Morgan fingerprint density at radius 2 is 2.36 bits per heavy atom. The molecule has 1 aliphatic heterocycles. The number of piperidine rings is 1. The molecule has 4 N–H and O–H groups in total. The van der Waals surface area contributed by atoms with Crippen LogP contribution in [0.25, 0.3) is 10.2 Å².